The van der Waals surface area contributed by atoms with Crippen molar-refractivity contribution < 1.29 is 0 Å². The van der Waals surface area contributed by atoms with Crippen molar-refractivity contribution in [2.24, 2.45) is 5.41 Å². The lowest BCUT2D eigenvalue weighted by Gasteiger charge is -2.13. The van der Waals surface area contributed by atoms with E-state index in [0.29, 0.717) is 5.41 Å². The van der Waals surface area contributed by atoms with Gasteiger partial charge in [-0.25, -0.2) is 0 Å². The van der Waals surface area contributed by atoms with Crippen molar-refractivity contribution in [2.45, 2.75) is 34.1 Å². The lowest BCUT2D eigenvalue weighted by Crippen LogP contribution is -2.01. The maximum absolute atomic E-state index is 3.75. The van der Waals surface area contributed by atoms with Crippen LogP contribution in [-0.4, -0.2) is 0 Å². The summed E-state index contributed by atoms with van der Waals surface area (Å²) >= 11 is 0. The molecule has 0 radical (unpaired) electrons. The number of rotatable bonds is 2. The average Bonchev–Trinajstić information content (AvgIpc) is 1.78. The van der Waals surface area contributed by atoms with Crippen LogP contribution in [0.25, 0.3) is 0 Å². The summed E-state index contributed by atoms with van der Waals surface area (Å²) in [6.07, 6.45) is 5.04. The fraction of sp³-hybridized carbons (Fsp3) is 0.545. The summed E-state index contributed by atoms with van der Waals surface area (Å²) in [5, 5.41) is 0. The highest BCUT2D eigenvalue weighted by molar-refractivity contribution is 5.10. The van der Waals surface area contributed by atoms with Gasteiger partial charge in [0, 0.05) is 0 Å². The SMILES string of the molecule is C=C(C)C=C=CCC(C)(C)C. The van der Waals surface area contributed by atoms with Gasteiger partial charge >= 0.3 is 0 Å². The summed E-state index contributed by atoms with van der Waals surface area (Å²) in [5.74, 6) is 0. The third-order valence-electron chi connectivity index (χ3n) is 1.16. The molecule has 0 nitrogen and oxygen atoms in total. The van der Waals surface area contributed by atoms with Gasteiger partial charge in [-0.2, -0.15) is 0 Å². The summed E-state index contributed by atoms with van der Waals surface area (Å²) in [6, 6.07) is 0. The molecule has 0 N–H and O–H groups in total. The maximum atomic E-state index is 3.75. The molecule has 0 saturated heterocycles. The minimum absolute atomic E-state index is 0.371. The van der Waals surface area contributed by atoms with E-state index in [1.54, 1.807) is 0 Å². The van der Waals surface area contributed by atoms with Crippen LogP contribution in [0.15, 0.2) is 30.0 Å². The molecule has 62 valence electrons. The smallest absolute Gasteiger partial charge is 0.0180 e. The third-order valence-corrected chi connectivity index (χ3v) is 1.16. The predicted molar refractivity (Wildman–Crippen MR) is 51.5 cm³/mol. The minimum atomic E-state index is 0.371. The molecular weight excluding hydrogens is 132 g/mol. The van der Waals surface area contributed by atoms with Crippen molar-refractivity contribution in [3.8, 4) is 0 Å². The largest absolute Gasteiger partial charge is 0.125 e. The monoisotopic (exact) mass is 150 g/mol. The molecular formula is C11H18. The Balaban J connectivity index is 3.88. The van der Waals surface area contributed by atoms with Crippen LogP contribution in [0.4, 0.5) is 0 Å². The first-order valence-electron chi connectivity index (χ1n) is 3.98. The van der Waals surface area contributed by atoms with Crippen LogP contribution < -0.4 is 0 Å². The van der Waals surface area contributed by atoms with E-state index >= 15 is 0 Å². The van der Waals surface area contributed by atoms with Gasteiger partial charge in [0.25, 0.3) is 0 Å². The molecule has 0 aliphatic heterocycles. The standard InChI is InChI=1S/C11H18/c1-10(2)8-6-7-9-11(3,4)5/h7-8H,1,9H2,2-5H3. The van der Waals surface area contributed by atoms with Gasteiger partial charge in [-0.3, -0.25) is 0 Å². The summed E-state index contributed by atoms with van der Waals surface area (Å²) in [4.78, 5) is 0. The second-order valence-corrected chi connectivity index (χ2v) is 4.13. The Hall–Kier alpha value is -0.740. The fourth-order valence-corrected chi connectivity index (χ4v) is 0.566. The van der Waals surface area contributed by atoms with Crippen LogP contribution in [0.5, 0.6) is 0 Å². The molecule has 0 aromatic rings. The number of hydrogen-bond donors (Lipinski definition) is 0. The van der Waals surface area contributed by atoms with Crippen molar-refractivity contribution in [1.29, 1.82) is 0 Å². The highest BCUT2D eigenvalue weighted by Gasteiger charge is 2.05. The molecule has 0 heterocycles. The lowest BCUT2D eigenvalue weighted by atomic mass is 9.92. The van der Waals surface area contributed by atoms with E-state index in [4.69, 9.17) is 0 Å². The zero-order valence-corrected chi connectivity index (χ0v) is 8.07. The zero-order chi connectivity index (χ0) is 8.91. The minimum Gasteiger partial charge on any atom is -0.125 e. The molecule has 0 fully saturated rings. The van der Waals surface area contributed by atoms with E-state index < -0.39 is 0 Å². The summed E-state index contributed by atoms with van der Waals surface area (Å²) in [5.41, 5.74) is 4.51. The van der Waals surface area contributed by atoms with Crippen LogP contribution in [0.1, 0.15) is 34.1 Å². The van der Waals surface area contributed by atoms with Gasteiger partial charge < -0.3 is 0 Å². The van der Waals surface area contributed by atoms with Crippen molar-refractivity contribution in [3.63, 3.8) is 0 Å². The maximum Gasteiger partial charge on any atom is -0.0180 e. The Morgan fingerprint density at radius 1 is 1.45 bits per heavy atom. The van der Waals surface area contributed by atoms with Gasteiger partial charge in [-0.1, -0.05) is 32.9 Å². The molecule has 0 bridgehead atoms. The topological polar surface area (TPSA) is 0 Å². The van der Waals surface area contributed by atoms with E-state index in [0.717, 1.165) is 12.0 Å². The van der Waals surface area contributed by atoms with Crippen LogP contribution in [0, 0.1) is 5.41 Å². The van der Waals surface area contributed by atoms with E-state index in [1.807, 2.05) is 13.0 Å². The van der Waals surface area contributed by atoms with Gasteiger partial charge in [0.2, 0.25) is 0 Å². The first-order chi connectivity index (χ1) is 4.92. The molecule has 0 rings (SSSR count). The Bertz CT molecular complexity index is 183. The Labute approximate surface area is 70.3 Å². The molecule has 0 unspecified atom stereocenters. The van der Waals surface area contributed by atoms with Crippen molar-refractivity contribution in [1.82, 2.24) is 0 Å². The van der Waals surface area contributed by atoms with Crippen molar-refractivity contribution >= 4 is 0 Å². The lowest BCUT2D eigenvalue weighted by molar-refractivity contribution is 0.421. The van der Waals surface area contributed by atoms with Gasteiger partial charge in [0.15, 0.2) is 0 Å². The Morgan fingerprint density at radius 2 is 2.00 bits per heavy atom. The number of allylic oxidation sites excluding steroid dienone is 2. The summed E-state index contributed by atoms with van der Waals surface area (Å²) in [7, 11) is 0. The van der Waals surface area contributed by atoms with Crippen LogP contribution >= 0.6 is 0 Å². The molecule has 0 spiro atoms. The molecule has 0 saturated carbocycles. The van der Waals surface area contributed by atoms with E-state index in [2.05, 4.69) is 39.2 Å². The molecule has 0 aromatic carbocycles. The molecule has 0 aliphatic rings. The highest BCUT2D eigenvalue weighted by atomic mass is 14.1. The molecule has 0 atom stereocenters. The summed E-state index contributed by atoms with van der Waals surface area (Å²) in [6.45, 7) is 12.4. The number of hydrogen-bond acceptors (Lipinski definition) is 0. The normalized spacial score (nSPS) is 10.2. The molecule has 0 aliphatic carbocycles. The predicted octanol–water partition coefficient (Wildman–Crippen LogP) is 3.71. The van der Waals surface area contributed by atoms with E-state index in [9.17, 15) is 0 Å². The second kappa shape index (κ2) is 4.20. The quantitative estimate of drug-likeness (QED) is 0.416. The first-order valence-corrected chi connectivity index (χ1v) is 3.98. The fourth-order valence-electron chi connectivity index (χ4n) is 0.566. The third kappa shape index (κ3) is 9.26. The molecule has 0 heteroatoms. The van der Waals surface area contributed by atoms with E-state index in [1.165, 1.54) is 0 Å². The molecule has 0 aromatic heterocycles. The van der Waals surface area contributed by atoms with Crippen molar-refractivity contribution in [2.75, 3.05) is 0 Å². The van der Waals surface area contributed by atoms with Crippen LogP contribution in [0.3, 0.4) is 0 Å². The highest BCUT2D eigenvalue weighted by Crippen LogP contribution is 2.18. The second-order valence-electron chi connectivity index (χ2n) is 4.13. The van der Waals surface area contributed by atoms with E-state index in [-0.39, 0.29) is 0 Å². The Morgan fingerprint density at radius 3 is 2.36 bits per heavy atom. The van der Waals surface area contributed by atoms with Crippen LogP contribution in [0.2, 0.25) is 0 Å². The van der Waals surface area contributed by atoms with Gasteiger partial charge in [0.05, 0.1) is 0 Å². The summed E-state index contributed by atoms with van der Waals surface area (Å²) < 4.78 is 0. The van der Waals surface area contributed by atoms with Gasteiger partial charge in [-0.05, 0) is 30.9 Å². The average molecular weight is 150 g/mol. The van der Waals surface area contributed by atoms with Gasteiger partial charge in [0.1, 0.15) is 0 Å². The molecule has 0 amide bonds. The molecule has 11 heavy (non-hydrogen) atoms. The van der Waals surface area contributed by atoms with Crippen molar-refractivity contribution in [3.05, 3.63) is 30.0 Å². The first kappa shape index (κ1) is 10.3. The van der Waals surface area contributed by atoms with Gasteiger partial charge in [-0.15, -0.1) is 5.73 Å². The van der Waals surface area contributed by atoms with Crippen LogP contribution in [-0.2, 0) is 0 Å². The Kier molecular flexibility index (Phi) is 3.92. The zero-order valence-electron chi connectivity index (χ0n) is 8.07.